The summed E-state index contributed by atoms with van der Waals surface area (Å²) in [6.07, 6.45) is 2.65. The van der Waals surface area contributed by atoms with Crippen molar-refractivity contribution in [2.45, 2.75) is 25.2 Å². The van der Waals surface area contributed by atoms with Gasteiger partial charge >= 0.3 is 0 Å². The smallest absolute Gasteiger partial charge is 0.233 e. The van der Waals surface area contributed by atoms with E-state index in [4.69, 9.17) is 18.0 Å². The van der Waals surface area contributed by atoms with Crippen molar-refractivity contribution in [3.8, 4) is 0 Å². The normalized spacial score (nSPS) is 22.6. The maximum atomic E-state index is 12.0. The molecule has 1 unspecified atom stereocenters. The number of nitrogens with one attached hydrogen (secondary N) is 1. The molecule has 3 nitrogen and oxygen atoms in total. The van der Waals surface area contributed by atoms with E-state index in [0.29, 0.717) is 17.5 Å². The van der Waals surface area contributed by atoms with Gasteiger partial charge in [-0.1, -0.05) is 36.5 Å². The third kappa shape index (κ3) is 1.72. The molecule has 4 heteroatoms. The van der Waals surface area contributed by atoms with Crippen LogP contribution in [0.25, 0.3) is 0 Å². The Balaban J connectivity index is 1.58. The Labute approximate surface area is 112 Å². The standard InChI is InChI=1S/C14H16N2OS/c15-12(18)14(5-6-14)13(17)16-8-10-7-9-3-1-2-4-11(9)10/h1-4,10H,5-8H2,(H2,15,18)(H,16,17). The highest BCUT2D eigenvalue weighted by Crippen LogP contribution is 2.46. The molecule has 1 atom stereocenters. The van der Waals surface area contributed by atoms with Crippen LogP contribution in [0.3, 0.4) is 0 Å². The zero-order valence-electron chi connectivity index (χ0n) is 10.1. The summed E-state index contributed by atoms with van der Waals surface area (Å²) in [4.78, 5) is 12.4. The van der Waals surface area contributed by atoms with E-state index in [9.17, 15) is 4.79 Å². The number of carbonyl (C=O) groups is 1. The van der Waals surface area contributed by atoms with Crippen molar-refractivity contribution in [3.63, 3.8) is 0 Å². The van der Waals surface area contributed by atoms with E-state index in [1.165, 1.54) is 11.1 Å². The van der Waals surface area contributed by atoms with Crippen molar-refractivity contribution in [3.05, 3.63) is 35.4 Å². The van der Waals surface area contributed by atoms with E-state index in [0.717, 1.165) is 19.3 Å². The second-order valence-electron chi connectivity index (χ2n) is 5.26. The number of fused-ring (bicyclic) bond motifs is 1. The Hall–Kier alpha value is -1.42. The maximum Gasteiger partial charge on any atom is 0.233 e. The molecular formula is C14H16N2OS. The fraction of sp³-hybridized carbons (Fsp3) is 0.429. The summed E-state index contributed by atoms with van der Waals surface area (Å²) in [5.74, 6) is 0.465. The molecule has 2 aliphatic rings. The molecular weight excluding hydrogens is 244 g/mol. The van der Waals surface area contributed by atoms with Crippen LogP contribution in [0.1, 0.15) is 29.9 Å². The molecule has 2 aliphatic carbocycles. The number of thiocarbonyl (C=S) groups is 1. The molecule has 0 aliphatic heterocycles. The van der Waals surface area contributed by atoms with Crippen LogP contribution in [-0.2, 0) is 11.2 Å². The molecule has 1 aromatic carbocycles. The van der Waals surface area contributed by atoms with Crippen LogP contribution in [0, 0.1) is 5.41 Å². The van der Waals surface area contributed by atoms with Crippen molar-refractivity contribution >= 4 is 23.1 Å². The van der Waals surface area contributed by atoms with Crippen LogP contribution >= 0.6 is 12.2 Å². The summed E-state index contributed by atoms with van der Waals surface area (Å²) < 4.78 is 0. The lowest BCUT2D eigenvalue weighted by Crippen LogP contribution is -2.42. The van der Waals surface area contributed by atoms with Crippen LogP contribution in [0.15, 0.2) is 24.3 Å². The minimum absolute atomic E-state index is 0.0133. The Morgan fingerprint density at radius 3 is 2.78 bits per heavy atom. The lowest BCUT2D eigenvalue weighted by Gasteiger charge is -2.30. The quantitative estimate of drug-likeness (QED) is 0.807. The summed E-state index contributed by atoms with van der Waals surface area (Å²) in [6.45, 7) is 0.695. The van der Waals surface area contributed by atoms with E-state index in [-0.39, 0.29) is 5.91 Å². The molecule has 1 saturated carbocycles. The van der Waals surface area contributed by atoms with Crippen molar-refractivity contribution in [1.82, 2.24) is 5.32 Å². The van der Waals surface area contributed by atoms with Gasteiger partial charge in [-0.05, 0) is 30.4 Å². The third-order valence-corrected chi connectivity index (χ3v) is 4.52. The lowest BCUT2D eigenvalue weighted by atomic mass is 9.77. The van der Waals surface area contributed by atoms with Crippen molar-refractivity contribution in [1.29, 1.82) is 0 Å². The topological polar surface area (TPSA) is 55.1 Å². The molecule has 94 valence electrons. The predicted molar refractivity (Wildman–Crippen MR) is 74.3 cm³/mol. The van der Waals surface area contributed by atoms with E-state index in [1.54, 1.807) is 0 Å². The molecule has 0 heterocycles. The number of carbonyl (C=O) groups excluding carboxylic acids is 1. The van der Waals surface area contributed by atoms with Gasteiger partial charge in [0.05, 0.1) is 10.4 Å². The van der Waals surface area contributed by atoms with Crippen LogP contribution in [0.5, 0.6) is 0 Å². The summed E-state index contributed by atoms with van der Waals surface area (Å²) in [5, 5.41) is 3.00. The minimum atomic E-state index is -0.529. The summed E-state index contributed by atoms with van der Waals surface area (Å²) in [5.41, 5.74) is 7.86. The molecule has 1 fully saturated rings. The molecule has 0 spiro atoms. The highest BCUT2D eigenvalue weighted by Gasteiger charge is 2.52. The number of hydrogen-bond acceptors (Lipinski definition) is 2. The largest absolute Gasteiger partial charge is 0.392 e. The number of nitrogens with two attached hydrogens (primary N) is 1. The monoisotopic (exact) mass is 260 g/mol. The van der Waals surface area contributed by atoms with Crippen LogP contribution < -0.4 is 11.1 Å². The first-order valence-corrected chi connectivity index (χ1v) is 6.70. The van der Waals surface area contributed by atoms with Gasteiger partial charge in [0.1, 0.15) is 0 Å². The average molecular weight is 260 g/mol. The van der Waals surface area contributed by atoms with Gasteiger partial charge in [0.2, 0.25) is 5.91 Å². The Kier molecular flexibility index (Phi) is 2.63. The number of hydrogen-bond donors (Lipinski definition) is 2. The second-order valence-corrected chi connectivity index (χ2v) is 5.70. The zero-order chi connectivity index (χ0) is 12.8. The second kappa shape index (κ2) is 4.05. The van der Waals surface area contributed by atoms with Crippen LogP contribution in [0.2, 0.25) is 0 Å². The van der Waals surface area contributed by atoms with Crippen LogP contribution in [-0.4, -0.2) is 17.4 Å². The fourth-order valence-corrected chi connectivity index (χ4v) is 2.94. The lowest BCUT2D eigenvalue weighted by molar-refractivity contribution is -0.124. The van der Waals surface area contributed by atoms with E-state index in [2.05, 4.69) is 23.5 Å². The van der Waals surface area contributed by atoms with Gasteiger partial charge in [0.25, 0.3) is 0 Å². The van der Waals surface area contributed by atoms with E-state index < -0.39 is 5.41 Å². The first kappa shape index (κ1) is 11.7. The molecule has 3 rings (SSSR count). The molecule has 3 N–H and O–H groups in total. The van der Waals surface area contributed by atoms with Gasteiger partial charge in [0, 0.05) is 12.5 Å². The van der Waals surface area contributed by atoms with Crippen molar-refractivity contribution in [2.75, 3.05) is 6.54 Å². The molecule has 1 amide bonds. The van der Waals surface area contributed by atoms with Crippen molar-refractivity contribution in [2.24, 2.45) is 11.1 Å². The molecule has 0 bridgehead atoms. The minimum Gasteiger partial charge on any atom is -0.392 e. The number of benzene rings is 1. The van der Waals surface area contributed by atoms with Gasteiger partial charge in [-0.15, -0.1) is 0 Å². The first-order chi connectivity index (χ1) is 8.63. The number of amides is 1. The van der Waals surface area contributed by atoms with Gasteiger partial charge in [-0.2, -0.15) is 0 Å². The van der Waals surface area contributed by atoms with E-state index in [1.807, 2.05) is 6.07 Å². The molecule has 1 aromatic rings. The molecule has 0 saturated heterocycles. The van der Waals surface area contributed by atoms with Gasteiger partial charge < -0.3 is 11.1 Å². The molecule has 18 heavy (non-hydrogen) atoms. The Morgan fingerprint density at radius 1 is 1.44 bits per heavy atom. The molecule has 0 radical (unpaired) electrons. The van der Waals surface area contributed by atoms with E-state index >= 15 is 0 Å². The summed E-state index contributed by atoms with van der Waals surface area (Å²) >= 11 is 4.97. The van der Waals surface area contributed by atoms with Gasteiger partial charge in [-0.3, -0.25) is 4.79 Å². The molecule has 0 aromatic heterocycles. The summed E-state index contributed by atoms with van der Waals surface area (Å²) in [6, 6.07) is 8.38. The maximum absolute atomic E-state index is 12.0. The Bertz CT molecular complexity index is 522. The third-order valence-electron chi connectivity index (χ3n) is 4.13. The van der Waals surface area contributed by atoms with Gasteiger partial charge in [-0.25, -0.2) is 0 Å². The fourth-order valence-electron chi connectivity index (χ4n) is 2.64. The van der Waals surface area contributed by atoms with Crippen LogP contribution in [0.4, 0.5) is 0 Å². The highest BCUT2D eigenvalue weighted by atomic mass is 32.1. The SMILES string of the molecule is NC(=S)C1(C(=O)NCC2Cc3ccccc32)CC1. The highest BCUT2D eigenvalue weighted by molar-refractivity contribution is 7.80. The zero-order valence-corrected chi connectivity index (χ0v) is 10.9. The average Bonchev–Trinajstić information content (AvgIpc) is 3.11. The van der Waals surface area contributed by atoms with Crippen molar-refractivity contribution < 1.29 is 4.79 Å². The summed E-state index contributed by atoms with van der Waals surface area (Å²) in [7, 11) is 0. The van der Waals surface area contributed by atoms with Gasteiger partial charge in [0.15, 0.2) is 0 Å². The Morgan fingerprint density at radius 2 is 2.17 bits per heavy atom. The predicted octanol–water partition coefficient (Wildman–Crippen LogP) is 1.51. The number of rotatable bonds is 4. The first-order valence-electron chi connectivity index (χ1n) is 6.29.